The molecule has 2 fully saturated rings. The Morgan fingerprint density at radius 2 is 1.80 bits per heavy atom. The number of hydrogen-bond donors (Lipinski definition) is 3. The molecule has 0 bridgehead atoms. The topological polar surface area (TPSA) is 89.8 Å². The van der Waals surface area contributed by atoms with Gasteiger partial charge in [0.25, 0.3) is 5.92 Å². The highest BCUT2D eigenvalue weighted by molar-refractivity contribution is 7.97. The number of rotatable bonds is 12. The summed E-state index contributed by atoms with van der Waals surface area (Å²) in [6.07, 6.45) is 1.38. The number of aromatic nitrogens is 1. The highest BCUT2D eigenvalue weighted by atomic mass is 35.5. The molecule has 8 nitrogen and oxygen atoms in total. The van der Waals surface area contributed by atoms with Gasteiger partial charge in [0.05, 0.1) is 0 Å². The van der Waals surface area contributed by atoms with E-state index < -0.39 is 5.92 Å². The van der Waals surface area contributed by atoms with Gasteiger partial charge in [0.2, 0.25) is 5.91 Å². The molecule has 3 aromatic rings. The Morgan fingerprint density at radius 3 is 2.45 bits per heavy atom. The van der Waals surface area contributed by atoms with Gasteiger partial charge < -0.3 is 26.2 Å². The molecule has 0 aliphatic carbocycles. The summed E-state index contributed by atoms with van der Waals surface area (Å²) in [4.78, 5) is 21.8. The molecule has 0 spiro atoms. The molecule has 2 aromatic carbocycles. The van der Waals surface area contributed by atoms with E-state index in [1.54, 1.807) is 31.1 Å². The van der Waals surface area contributed by atoms with Crippen LogP contribution in [0.4, 0.5) is 20.3 Å². The fourth-order valence-corrected chi connectivity index (χ4v) is 6.47. The highest BCUT2D eigenvalue weighted by Gasteiger charge is 2.36. The average Bonchev–Trinajstić information content (AvgIpc) is 3.41. The summed E-state index contributed by atoms with van der Waals surface area (Å²) < 4.78 is 33.4. The van der Waals surface area contributed by atoms with Gasteiger partial charge in [0.15, 0.2) is 0 Å². The zero-order valence-electron chi connectivity index (χ0n) is 24.7. The van der Waals surface area contributed by atoms with E-state index in [0.717, 1.165) is 29.1 Å². The lowest BCUT2D eigenvalue weighted by Gasteiger charge is -2.35. The monoisotopic (exact) mass is 641 g/mol. The zero-order chi connectivity index (χ0) is 31.3. The maximum atomic E-state index is 15.6. The molecular formula is C32H38ClF2N7OS. The zero-order valence-corrected chi connectivity index (χ0v) is 26.3. The van der Waals surface area contributed by atoms with Crippen LogP contribution in [0.15, 0.2) is 72.1 Å². The second kappa shape index (κ2) is 14.3. The number of nitrogens with two attached hydrogens (primary N) is 1. The predicted octanol–water partition coefficient (Wildman–Crippen LogP) is 4.94. The van der Waals surface area contributed by atoms with E-state index in [-0.39, 0.29) is 28.2 Å². The number of halogens is 3. The Labute approximate surface area is 266 Å². The number of carbonyl (C=O) groups excluding carboxylic acids is 1. The Hall–Kier alpha value is -3.22. The quantitative estimate of drug-likeness (QED) is 0.146. The van der Waals surface area contributed by atoms with E-state index in [1.807, 2.05) is 34.1 Å². The Balaban J connectivity index is 1.17. The SMILES string of the molecule is C=C(NC)c1ccc(C(F)(F)c2cc(Cl)nc(N3CCN(Sc4ccc(N5CC(NCCCN)CC5=O)cc4)CC3)c2)cc1. The lowest BCUT2D eigenvalue weighted by Crippen LogP contribution is -2.43. The minimum absolute atomic E-state index is 0.0309. The Morgan fingerprint density at radius 1 is 1.09 bits per heavy atom. The number of alkyl halides is 2. The first-order valence-corrected chi connectivity index (χ1v) is 15.9. The van der Waals surface area contributed by atoms with E-state index in [2.05, 4.69) is 26.5 Å². The van der Waals surface area contributed by atoms with E-state index in [1.165, 1.54) is 24.3 Å². The average molecular weight is 642 g/mol. The smallest absolute Gasteiger partial charge is 0.298 e. The molecule has 4 N–H and O–H groups in total. The third-order valence-electron chi connectivity index (χ3n) is 7.93. The van der Waals surface area contributed by atoms with Crippen molar-refractivity contribution >= 4 is 46.7 Å². The van der Waals surface area contributed by atoms with Crippen LogP contribution in [-0.2, 0) is 10.7 Å². The lowest BCUT2D eigenvalue weighted by molar-refractivity contribution is -0.117. The molecule has 2 aliphatic rings. The Bertz CT molecular complexity index is 1450. The summed E-state index contributed by atoms with van der Waals surface area (Å²) >= 11 is 7.89. The molecule has 1 aromatic heterocycles. The molecule has 2 saturated heterocycles. The maximum absolute atomic E-state index is 15.6. The van der Waals surface area contributed by atoms with Crippen LogP contribution in [0.1, 0.15) is 29.5 Å². The van der Waals surface area contributed by atoms with E-state index >= 15 is 8.78 Å². The number of nitrogens with one attached hydrogen (secondary N) is 2. The van der Waals surface area contributed by atoms with Crippen molar-refractivity contribution in [1.82, 2.24) is 19.9 Å². The fraction of sp³-hybridized carbons (Fsp3) is 0.375. The van der Waals surface area contributed by atoms with Crippen molar-refractivity contribution in [3.8, 4) is 0 Å². The molecule has 1 amide bonds. The van der Waals surface area contributed by atoms with Gasteiger partial charge in [-0.05, 0) is 73.4 Å². The highest BCUT2D eigenvalue weighted by Crippen LogP contribution is 2.38. The van der Waals surface area contributed by atoms with Crippen molar-refractivity contribution in [2.24, 2.45) is 5.73 Å². The maximum Gasteiger partial charge on any atom is 0.298 e. The van der Waals surface area contributed by atoms with E-state index in [0.29, 0.717) is 57.2 Å². The number of benzene rings is 2. The predicted molar refractivity (Wildman–Crippen MR) is 175 cm³/mol. The van der Waals surface area contributed by atoms with Crippen LogP contribution in [-0.4, -0.2) is 74.1 Å². The number of pyridine rings is 1. The second-order valence-electron chi connectivity index (χ2n) is 10.9. The lowest BCUT2D eigenvalue weighted by atomic mass is 9.99. The third kappa shape index (κ3) is 7.52. The molecule has 1 atom stereocenters. The van der Waals surface area contributed by atoms with Crippen LogP contribution in [0.3, 0.4) is 0 Å². The number of nitrogens with zero attached hydrogens (tertiary/aromatic N) is 4. The molecular weight excluding hydrogens is 604 g/mol. The Kier molecular flexibility index (Phi) is 10.4. The number of hydrogen-bond acceptors (Lipinski definition) is 8. The van der Waals surface area contributed by atoms with Crippen molar-refractivity contribution < 1.29 is 13.6 Å². The van der Waals surface area contributed by atoms with Crippen LogP contribution in [0.2, 0.25) is 5.15 Å². The van der Waals surface area contributed by atoms with Crippen LogP contribution in [0, 0.1) is 0 Å². The molecule has 3 heterocycles. The summed E-state index contributed by atoms with van der Waals surface area (Å²) in [6, 6.07) is 16.9. The van der Waals surface area contributed by atoms with Crippen molar-refractivity contribution in [2.45, 2.75) is 29.7 Å². The minimum Gasteiger partial charge on any atom is -0.388 e. The van der Waals surface area contributed by atoms with Gasteiger partial charge >= 0.3 is 0 Å². The van der Waals surface area contributed by atoms with Crippen LogP contribution >= 0.6 is 23.5 Å². The molecule has 5 rings (SSSR count). The number of piperazine rings is 1. The molecule has 2 aliphatic heterocycles. The normalized spacial score (nSPS) is 17.8. The van der Waals surface area contributed by atoms with Crippen LogP contribution in [0.5, 0.6) is 0 Å². The molecule has 12 heteroatoms. The second-order valence-corrected chi connectivity index (χ2v) is 12.5. The summed E-state index contributed by atoms with van der Waals surface area (Å²) in [7, 11) is 1.74. The number of anilines is 2. The van der Waals surface area contributed by atoms with E-state index in [4.69, 9.17) is 17.3 Å². The van der Waals surface area contributed by atoms with E-state index in [9.17, 15) is 4.79 Å². The standard InChI is InChI=1S/C32H38ClF2N7OS/c1-22(37-2)23-4-6-24(7-5-23)32(34,35)25-18-29(33)39-30(19-25)40-14-16-41(17-15-40)44-28-10-8-27(9-11-28)42-21-26(20-31(42)43)38-13-3-12-36/h4-11,18-19,26,37-38H,1,3,12-17,20-21,36H2,2H3. The molecule has 44 heavy (non-hydrogen) atoms. The number of amides is 1. The van der Waals surface area contributed by atoms with Crippen LogP contribution < -0.4 is 26.2 Å². The molecule has 234 valence electrons. The molecule has 0 saturated carbocycles. The minimum atomic E-state index is -3.24. The first-order valence-electron chi connectivity index (χ1n) is 14.7. The first-order chi connectivity index (χ1) is 21.2. The van der Waals surface area contributed by atoms with Crippen molar-refractivity contribution in [2.75, 3.05) is 62.7 Å². The summed E-state index contributed by atoms with van der Waals surface area (Å²) in [5.74, 6) is -2.68. The van der Waals surface area contributed by atoms with Gasteiger partial charge in [-0.25, -0.2) is 9.29 Å². The van der Waals surface area contributed by atoms with Crippen molar-refractivity contribution in [3.63, 3.8) is 0 Å². The largest absolute Gasteiger partial charge is 0.388 e. The summed E-state index contributed by atoms with van der Waals surface area (Å²) in [5.41, 5.74) is 7.54. The van der Waals surface area contributed by atoms with Crippen molar-refractivity contribution in [3.05, 3.63) is 89.1 Å². The van der Waals surface area contributed by atoms with Crippen LogP contribution in [0.25, 0.3) is 5.70 Å². The molecule has 0 radical (unpaired) electrons. The van der Waals surface area contributed by atoms with Crippen molar-refractivity contribution in [1.29, 1.82) is 0 Å². The summed E-state index contributed by atoms with van der Waals surface area (Å²) in [6.45, 7) is 8.64. The van der Waals surface area contributed by atoms with Gasteiger partial charge in [-0.2, -0.15) is 8.78 Å². The third-order valence-corrected chi connectivity index (χ3v) is 9.23. The molecule has 1 unspecified atom stereocenters. The fourth-order valence-electron chi connectivity index (χ4n) is 5.36. The van der Waals surface area contributed by atoms with Gasteiger partial charge in [0.1, 0.15) is 11.0 Å². The van der Waals surface area contributed by atoms with Gasteiger partial charge in [-0.3, -0.25) is 4.79 Å². The van der Waals surface area contributed by atoms with Gasteiger partial charge in [0, 0.05) is 79.6 Å². The first kappa shape index (κ1) is 32.2. The van der Waals surface area contributed by atoms with Gasteiger partial charge in [-0.1, -0.05) is 42.4 Å². The van der Waals surface area contributed by atoms with Gasteiger partial charge in [-0.15, -0.1) is 0 Å². The number of carbonyl (C=O) groups is 1. The summed E-state index contributed by atoms with van der Waals surface area (Å²) in [5, 5.41) is 6.37.